The van der Waals surface area contributed by atoms with E-state index in [0.717, 1.165) is 0 Å². The maximum atomic E-state index is 14.0. The van der Waals surface area contributed by atoms with E-state index in [-0.39, 0.29) is 26.4 Å². The third kappa shape index (κ3) is 3.59. The molecule has 7 nitrogen and oxygen atoms in total. The molecule has 0 bridgehead atoms. The lowest BCUT2D eigenvalue weighted by Gasteiger charge is -2.11. The van der Waals surface area contributed by atoms with Crippen molar-refractivity contribution in [2.45, 2.75) is 4.90 Å². The van der Waals surface area contributed by atoms with Crippen molar-refractivity contribution in [1.29, 1.82) is 0 Å². The average Bonchev–Trinajstić information content (AvgIpc) is 3.05. The molecule has 0 unspecified atom stereocenters. The van der Waals surface area contributed by atoms with Gasteiger partial charge in [0.15, 0.2) is 11.6 Å². The molecule has 29 heavy (non-hydrogen) atoms. The zero-order chi connectivity index (χ0) is 20.8. The number of nitrogens with one attached hydrogen (secondary N) is 2. The van der Waals surface area contributed by atoms with Crippen molar-refractivity contribution in [2.24, 2.45) is 0 Å². The summed E-state index contributed by atoms with van der Waals surface area (Å²) in [7, 11) is -4.09. The zero-order valence-electron chi connectivity index (χ0n) is 14.4. The molecule has 0 aliphatic carbocycles. The number of fused-ring (bicyclic) bond motifs is 1. The summed E-state index contributed by atoms with van der Waals surface area (Å²) in [6.45, 7) is 0. The summed E-state index contributed by atoms with van der Waals surface area (Å²) >= 11 is 12.0. The van der Waals surface area contributed by atoms with Crippen molar-refractivity contribution < 1.29 is 12.8 Å². The fraction of sp³-hybridized carbons (Fsp3) is 0. The van der Waals surface area contributed by atoms with Gasteiger partial charge in [-0.05, 0) is 42.5 Å². The van der Waals surface area contributed by atoms with Crippen molar-refractivity contribution in [3.05, 3.63) is 64.4 Å². The number of aromatic amines is 1. The van der Waals surface area contributed by atoms with Crippen LogP contribution in [0.4, 0.5) is 15.9 Å². The second-order valence-corrected chi connectivity index (χ2v) is 8.55. The molecule has 0 fully saturated rings. The van der Waals surface area contributed by atoms with E-state index < -0.39 is 15.8 Å². The van der Waals surface area contributed by atoms with Crippen LogP contribution in [0.2, 0.25) is 10.0 Å². The number of hydrogen-bond acceptors (Lipinski definition) is 5. The SMILES string of the molecule is Nc1n[nH]c2ccc(-c3ccc(S(=O)(=O)Nc4cccc(Cl)c4F)cc3Cl)nc12. The molecular formula is C18H12Cl2FN5O2S. The van der Waals surface area contributed by atoms with Crippen molar-refractivity contribution in [3.8, 4) is 11.3 Å². The third-order valence-electron chi connectivity index (χ3n) is 4.16. The van der Waals surface area contributed by atoms with E-state index in [2.05, 4.69) is 19.9 Å². The largest absolute Gasteiger partial charge is 0.380 e. The molecule has 148 valence electrons. The first-order valence-electron chi connectivity index (χ1n) is 8.13. The molecule has 2 heterocycles. The Morgan fingerprint density at radius 3 is 2.62 bits per heavy atom. The van der Waals surface area contributed by atoms with Crippen molar-refractivity contribution in [3.63, 3.8) is 0 Å². The van der Waals surface area contributed by atoms with Crippen LogP contribution < -0.4 is 10.5 Å². The second-order valence-electron chi connectivity index (χ2n) is 6.05. The normalized spacial score (nSPS) is 11.7. The minimum Gasteiger partial charge on any atom is -0.380 e. The molecule has 4 rings (SSSR count). The Balaban J connectivity index is 1.70. The summed E-state index contributed by atoms with van der Waals surface area (Å²) in [6, 6.07) is 11.6. The van der Waals surface area contributed by atoms with Crippen LogP contribution in [0.1, 0.15) is 0 Å². The van der Waals surface area contributed by atoms with Crippen LogP contribution in [0.15, 0.2) is 53.4 Å². The fourth-order valence-electron chi connectivity index (χ4n) is 2.73. The predicted molar refractivity (Wildman–Crippen MR) is 111 cm³/mol. The molecule has 0 aliphatic rings. The van der Waals surface area contributed by atoms with Crippen LogP contribution in [0.5, 0.6) is 0 Å². The highest BCUT2D eigenvalue weighted by Gasteiger charge is 2.19. The molecule has 0 aliphatic heterocycles. The average molecular weight is 452 g/mol. The van der Waals surface area contributed by atoms with E-state index in [4.69, 9.17) is 28.9 Å². The number of rotatable bonds is 4. The summed E-state index contributed by atoms with van der Waals surface area (Å²) in [5.74, 6) is -0.624. The van der Waals surface area contributed by atoms with E-state index in [1.807, 2.05) is 0 Å². The number of nitrogens with two attached hydrogens (primary N) is 1. The Bertz CT molecular complexity index is 1360. The van der Waals surface area contributed by atoms with Crippen molar-refractivity contribution in [2.75, 3.05) is 10.5 Å². The van der Waals surface area contributed by atoms with Gasteiger partial charge in [-0.15, -0.1) is 0 Å². The number of anilines is 2. The molecule has 0 atom stereocenters. The van der Waals surface area contributed by atoms with Gasteiger partial charge >= 0.3 is 0 Å². The van der Waals surface area contributed by atoms with Crippen molar-refractivity contribution >= 4 is 55.8 Å². The number of halogens is 3. The molecule has 0 saturated heterocycles. The number of aromatic nitrogens is 3. The van der Waals surface area contributed by atoms with E-state index in [1.165, 1.54) is 36.4 Å². The van der Waals surface area contributed by atoms with Gasteiger partial charge in [0.05, 0.1) is 31.8 Å². The van der Waals surface area contributed by atoms with Crippen LogP contribution in [0, 0.1) is 5.82 Å². The van der Waals surface area contributed by atoms with Gasteiger partial charge in [0, 0.05) is 5.56 Å². The van der Waals surface area contributed by atoms with Gasteiger partial charge in [-0.3, -0.25) is 9.82 Å². The molecule has 4 N–H and O–H groups in total. The lowest BCUT2D eigenvalue weighted by atomic mass is 10.1. The topological polar surface area (TPSA) is 114 Å². The smallest absolute Gasteiger partial charge is 0.262 e. The molecule has 0 amide bonds. The van der Waals surface area contributed by atoms with E-state index in [9.17, 15) is 12.8 Å². The monoisotopic (exact) mass is 451 g/mol. The highest BCUT2D eigenvalue weighted by Crippen LogP contribution is 2.32. The molecule has 2 aromatic carbocycles. The summed E-state index contributed by atoms with van der Waals surface area (Å²) in [4.78, 5) is 4.27. The van der Waals surface area contributed by atoms with Crippen LogP contribution in [0.3, 0.4) is 0 Å². The van der Waals surface area contributed by atoms with Gasteiger partial charge in [0.1, 0.15) is 5.52 Å². The van der Waals surface area contributed by atoms with E-state index in [0.29, 0.717) is 22.3 Å². The molecule has 0 spiro atoms. The Morgan fingerprint density at radius 1 is 1.07 bits per heavy atom. The number of H-pyrrole nitrogens is 1. The van der Waals surface area contributed by atoms with Gasteiger partial charge in [-0.25, -0.2) is 17.8 Å². The molecule has 0 radical (unpaired) electrons. The quantitative estimate of drug-likeness (QED) is 0.423. The minimum absolute atomic E-state index is 0.144. The molecular weight excluding hydrogens is 440 g/mol. The van der Waals surface area contributed by atoms with Gasteiger partial charge in [-0.2, -0.15) is 5.10 Å². The number of sulfonamides is 1. The first-order chi connectivity index (χ1) is 13.8. The molecule has 0 saturated carbocycles. The highest BCUT2D eigenvalue weighted by atomic mass is 35.5. The highest BCUT2D eigenvalue weighted by molar-refractivity contribution is 7.92. The molecule has 2 aromatic heterocycles. The van der Waals surface area contributed by atoms with E-state index >= 15 is 0 Å². The van der Waals surface area contributed by atoms with E-state index in [1.54, 1.807) is 12.1 Å². The summed E-state index contributed by atoms with van der Waals surface area (Å²) in [6.07, 6.45) is 0. The summed E-state index contributed by atoms with van der Waals surface area (Å²) in [5.41, 5.74) is 7.65. The maximum Gasteiger partial charge on any atom is 0.262 e. The third-order valence-corrected chi connectivity index (χ3v) is 6.13. The Hall–Kier alpha value is -2.88. The maximum absolute atomic E-state index is 14.0. The first kappa shape index (κ1) is 19.4. The lowest BCUT2D eigenvalue weighted by Crippen LogP contribution is -2.14. The fourth-order valence-corrected chi connectivity index (χ4v) is 4.33. The van der Waals surface area contributed by atoms with Crippen molar-refractivity contribution in [1.82, 2.24) is 15.2 Å². The first-order valence-corrected chi connectivity index (χ1v) is 10.4. The number of hydrogen-bond donors (Lipinski definition) is 3. The van der Waals surface area contributed by atoms with Crippen LogP contribution in [-0.2, 0) is 10.0 Å². The lowest BCUT2D eigenvalue weighted by molar-refractivity contribution is 0.598. The Kier molecular flexibility index (Phi) is 4.81. The van der Waals surface area contributed by atoms with Gasteiger partial charge in [0.25, 0.3) is 10.0 Å². The van der Waals surface area contributed by atoms with Gasteiger partial charge < -0.3 is 5.73 Å². The van der Waals surface area contributed by atoms with Crippen LogP contribution in [0.25, 0.3) is 22.3 Å². The Labute approximate surface area is 174 Å². The van der Waals surface area contributed by atoms with Gasteiger partial charge in [-0.1, -0.05) is 29.3 Å². The molecule has 11 heteroatoms. The Morgan fingerprint density at radius 2 is 1.86 bits per heavy atom. The summed E-state index contributed by atoms with van der Waals surface area (Å²) in [5, 5.41) is 6.58. The number of nitrogen functional groups attached to an aromatic ring is 1. The predicted octanol–water partition coefficient (Wildman–Crippen LogP) is 4.45. The van der Waals surface area contributed by atoms with Crippen LogP contribution >= 0.6 is 23.2 Å². The standard InChI is InChI=1S/C18H12Cl2FN5O2S/c19-11-2-1-3-14(16(11)21)26-29(27,28)9-4-5-10(12(20)8-9)13-6-7-15-17(23-13)18(22)25-24-15/h1-8,26H,(H3,22,24,25). The minimum atomic E-state index is -4.09. The van der Waals surface area contributed by atoms with Crippen LogP contribution in [-0.4, -0.2) is 23.6 Å². The van der Waals surface area contributed by atoms with Gasteiger partial charge in [0.2, 0.25) is 0 Å². The summed E-state index contributed by atoms with van der Waals surface area (Å²) < 4.78 is 41.5. The molecule has 4 aromatic rings. The second kappa shape index (κ2) is 7.18. The number of benzene rings is 2. The number of pyridine rings is 1. The number of nitrogens with zero attached hydrogens (tertiary/aromatic N) is 2. The zero-order valence-corrected chi connectivity index (χ0v) is 16.8.